The third-order valence-electron chi connectivity index (χ3n) is 3.38. The first kappa shape index (κ1) is 17.0. The fourth-order valence-electron chi connectivity index (χ4n) is 2.00. The Bertz CT molecular complexity index is 467. The fraction of sp³-hybridized carbons (Fsp3) is 0.467. The zero-order valence-corrected chi connectivity index (χ0v) is 12.7. The molecule has 1 amide bonds. The number of nitrogens with two attached hydrogens (primary N) is 1. The standard InChI is InChI=1S/C15H24N4O2/c1-3-19(4-2)11-5-10-17-15(20)13-8-6-12(7-9-13)14(16)18-21/h6-9,21H,3-5,10-11H2,1-2H3,(H2,16,18)(H,17,20). The van der Waals surface area contributed by atoms with Crippen LogP contribution in [-0.4, -0.2) is 48.0 Å². The summed E-state index contributed by atoms with van der Waals surface area (Å²) in [6, 6.07) is 6.62. The van der Waals surface area contributed by atoms with E-state index < -0.39 is 0 Å². The predicted octanol–water partition coefficient (Wildman–Crippen LogP) is 1.24. The van der Waals surface area contributed by atoms with Gasteiger partial charge in [-0.1, -0.05) is 31.1 Å². The van der Waals surface area contributed by atoms with E-state index in [1.165, 1.54) is 0 Å². The summed E-state index contributed by atoms with van der Waals surface area (Å²) >= 11 is 0. The highest BCUT2D eigenvalue weighted by atomic mass is 16.4. The van der Waals surface area contributed by atoms with Gasteiger partial charge < -0.3 is 21.2 Å². The molecule has 6 heteroatoms. The van der Waals surface area contributed by atoms with Gasteiger partial charge in [0.1, 0.15) is 0 Å². The van der Waals surface area contributed by atoms with Gasteiger partial charge in [0.25, 0.3) is 5.91 Å². The largest absolute Gasteiger partial charge is 0.409 e. The zero-order chi connectivity index (χ0) is 15.7. The van der Waals surface area contributed by atoms with Crippen LogP contribution in [0.25, 0.3) is 0 Å². The summed E-state index contributed by atoms with van der Waals surface area (Å²) in [6.07, 6.45) is 0.926. The number of nitrogens with one attached hydrogen (secondary N) is 1. The molecule has 0 spiro atoms. The van der Waals surface area contributed by atoms with Crippen LogP contribution < -0.4 is 11.1 Å². The number of hydrogen-bond acceptors (Lipinski definition) is 4. The van der Waals surface area contributed by atoms with E-state index >= 15 is 0 Å². The summed E-state index contributed by atoms with van der Waals surface area (Å²) in [4.78, 5) is 14.3. The summed E-state index contributed by atoms with van der Waals surface area (Å²) in [5.74, 6) is -0.0817. The van der Waals surface area contributed by atoms with Gasteiger partial charge in [-0.2, -0.15) is 0 Å². The van der Waals surface area contributed by atoms with Gasteiger partial charge in [-0.05, 0) is 38.2 Å². The first-order valence-electron chi connectivity index (χ1n) is 7.20. The summed E-state index contributed by atoms with van der Waals surface area (Å²) < 4.78 is 0. The van der Waals surface area contributed by atoms with E-state index in [0.29, 0.717) is 17.7 Å². The average molecular weight is 292 g/mol. The van der Waals surface area contributed by atoms with Gasteiger partial charge in [-0.25, -0.2) is 0 Å². The van der Waals surface area contributed by atoms with Crippen molar-refractivity contribution in [2.45, 2.75) is 20.3 Å². The topological polar surface area (TPSA) is 91.0 Å². The van der Waals surface area contributed by atoms with Crippen LogP contribution in [0.2, 0.25) is 0 Å². The van der Waals surface area contributed by atoms with E-state index in [1.54, 1.807) is 24.3 Å². The Hall–Kier alpha value is -2.08. The predicted molar refractivity (Wildman–Crippen MR) is 83.7 cm³/mol. The van der Waals surface area contributed by atoms with Crippen molar-refractivity contribution in [3.63, 3.8) is 0 Å². The number of carbonyl (C=O) groups excluding carboxylic acids is 1. The first-order chi connectivity index (χ1) is 10.1. The molecule has 21 heavy (non-hydrogen) atoms. The molecular weight excluding hydrogens is 268 g/mol. The molecule has 0 saturated carbocycles. The third-order valence-corrected chi connectivity index (χ3v) is 3.38. The lowest BCUT2D eigenvalue weighted by Crippen LogP contribution is -2.29. The Morgan fingerprint density at radius 1 is 1.24 bits per heavy atom. The summed E-state index contributed by atoms with van der Waals surface area (Å²) in [5, 5.41) is 14.4. The van der Waals surface area contributed by atoms with Crippen molar-refractivity contribution < 1.29 is 10.0 Å². The van der Waals surface area contributed by atoms with E-state index in [9.17, 15) is 4.79 Å². The van der Waals surface area contributed by atoms with Gasteiger partial charge >= 0.3 is 0 Å². The maximum absolute atomic E-state index is 11.9. The van der Waals surface area contributed by atoms with Crippen molar-refractivity contribution in [2.24, 2.45) is 10.9 Å². The molecule has 0 unspecified atom stereocenters. The lowest BCUT2D eigenvalue weighted by molar-refractivity contribution is 0.0952. The second-order valence-corrected chi connectivity index (χ2v) is 4.70. The monoisotopic (exact) mass is 292 g/mol. The van der Waals surface area contributed by atoms with Crippen molar-refractivity contribution in [3.05, 3.63) is 35.4 Å². The van der Waals surface area contributed by atoms with Gasteiger partial charge in [-0.15, -0.1) is 0 Å². The Morgan fingerprint density at radius 3 is 2.33 bits per heavy atom. The molecule has 4 N–H and O–H groups in total. The number of hydrogen-bond donors (Lipinski definition) is 3. The molecule has 0 radical (unpaired) electrons. The quantitative estimate of drug-likeness (QED) is 0.221. The van der Waals surface area contributed by atoms with E-state index in [-0.39, 0.29) is 11.7 Å². The van der Waals surface area contributed by atoms with E-state index in [2.05, 4.69) is 29.2 Å². The molecule has 0 aliphatic rings. The highest BCUT2D eigenvalue weighted by Gasteiger charge is 2.06. The first-order valence-corrected chi connectivity index (χ1v) is 7.20. The molecule has 1 rings (SSSR count). The normalized spacial score (nSPS) is 11.7. The fourth-order valence-corrected chi connectivity index (χ4v) is 2.00. The SMILES string of the molecule is CCN(CC)CCCNC(=O)c1ccc(/C(N)=N/O)cc1. The molecule has 0 aliphatic carbocycles. The van der Waals surface area contributed by atoms with E-state index in [4.69, 9.17) is 10.9 Å². The maximum atomic E-state index is 11.9. The Kier molecular flexibility index (Phi) is 7.25. The van der Waals surface area contributed by atoms with Crippen molar-refractivity contribution in [2.75, 3.05) is 26.2 Å². The van der Waals surface area contributed by atoms with Gasteiger partial charge in [-0.3, -0.25) is 4.79 Å². The number of oxime groups is 1. The van der Waals surface area contributed by atoms with Crippen LogP contribution in [0.5, 0.6) is 0 Å². The Balaban J connectivity index is 2.42. The molecule has 0 fully saturated rings. The van der Waals surface area contributed by atoms with Crippen molar-refractivity contribution >= 4 is 11.7 Å². The Labute approximate surface area is 125 Å². The number of benzene rings is 1. The minimum Gasteiger partial charge on any atom is -0.409 e. The average Bonchev–Trinajstić information content (AvgIpc) is 2.54. The number of amidine groups is 1. The summed E-state index contributed by atoms with van der Waals surface area (Å²) in [6.45, 7) is 7.95. The lowest BCUT2D eigenvalue weighted by atomic mass is 10.1. The summed E-state index contributed by atoms with van der Waals surface area (Å²) in [5.41, 5.74) is 6.61. The van der Waals surface area contributed by atoms with Crippen molar-refractivity contribution in [1.82, 2.24) is 10.2 Å². The van der Waals surface area contributed by atoms with Crippen molar-refractivity contribution in [1.29, 1.82) is 0 Å². The van der Waals surface area contributed by atoms with Crippen molar-refractivity contribution in [3.8, 4) is 0 Å². The van der Waals surface area contributed by atoms with Crippen LogP contribution in [-0.2, 0) is 0 Å². The minimum atomic E-state index is -0.111. The highest BCUT2D eigenvalue weighted by molar-refractivity contribution is 5.99. The molecule has 0 aromatic heterocycles. The number of rotatable bonds is 8. The number of amides is 1. The van der Waals surface area contributed by atoms with Crippen LogP contribution in [0, 0.1) is 0 Å². The van der Waals surface area contributed by atoms with Gasteiger partial charge in [0.05, 0.1) is 0 Å². The number of nitrogens with zero attached hydrogens (tertiary/aromatic N) is 2. The smallest absolute Gasteiger partial charge is 0.251 e. The second kappa shape index (κ2) is 8.97. The second-order valence-electron chi connectivity index (χ2n) is 4.70. The molecule has 6 nitrogen and oxygen atoms in total. The molecule has 116 valence electrons. The molecule has 0 bridgehead atoms. The molecule has 0 aliphatic heterocycles. The zero-order valence-electron chi connectivity index (χ0n) is 12.7. The van der Waals surface area contributed by atoms with Crippen LogP contribution in [0.4, 0.5) is 0 Å². The van der Waals surface area contributed by atoms with Crippen LogP contribution in [0.1, 0.15) is 36.2 Å². The molecule has 0 atom stereocenters. The molecule has 0 heterocycles. The third kappa shape index (κ3) is 5.43. The van der Waals surface area contributed by atoms with E-state index in [0.717, 1.165) is 26.1 Å². The van der Waals surface area contributed by atoms with Gasteiger partial charge in [0.2, 0.25) is 0 Å². The summed E-state index contributed by atoms with van der Waals surface area (Å²) in [7, 11) is 0. The molecule has 0 saturated heterocycles. The maximum Gasteiger partial charge on any atom is 0.251 e. The van der Waals surface area contributed by atoms with Gasteiger partial charge in [0.15, 0.2) is 5.84 Å². The molecule has 1 aromatic rings. The van der Waals surface area contributed by atoms with Crippen LogP contribution in [0.15, 0.2) is 29.4 Å². The highest BCUT2D eigenvalue weighted by Crippen LogP contribution is 2.04. The molecular formula is C15H24N4O2. The Morgan fingerprint density at radius 2 is 1.81 bits per heavy atom. The molecule has 1 aromatic carbocycles. The van der Waals surface area contributed by atoms with Crippen LogP contribution >= 0.6 is 0 Å². The minimum absolute atomic E-state index is 0.0289. The number of carbonyl (C=O) groups is 1. The lowest BCUT2D eigenvalue weighted by Gasteiger charge is -2.17. The van der Waals surface area contributed by atoms with Crippen LogP contribution in [0.3, 0.4) is 0 Å². The van der Waals surface area contributed by atoms with E-state index in [1.807, 2.05) is 0 Å². The van der Waals surface area contributed by atoms with Gasteiger partial charge in [0, 0.05) is 17.7 Å².